The van der Waals surface area contributed by atoms with Crippen molar-refractivity contribution in [2.75, 3.05) is 7.05 Å². The Labute approximate surface area is 114 Å². The highest BCUT2D eigenvalue weighted by Crippen LogP contribution is 2.12. The van der Waals surface area contributed by atoms with Gasteiger partial charge in [-0.1, -0.05) is 20.8 Å². The fourth-order valence-electron chi connectivity index (χ4n) is 1.33. The highest BCUT2D eigenvalue weighted by molar-refractivity contribution is 7.11. The van der Waals surface area contributed by atoms with E-state index in [9.17, 15) is 0 Å². The maximum Gasteiger partial charge on any atom is 0.191 e. The van der Waals surface area contributed by atoms with Crippen molar-refractivity contribution in [3.63, 3.8) is 0 Å². The van der Waals surface area contributed by atoms with Gasteiger partial charge in [0.05, 0.1) is 6.54 Å². The highest BCUT2D eigenvalue weighted by atomic mass is 32.1. The van der Waals surface area contributed by atoms with Gasteiger partial charge in [0, 0.05) is 24.2 Å². The lowest BCUT2D eigenvalue weighted by Gasteiger charge is -2.20. The largest absolute Gasteiger partial charge is 0.354 e. The molecule has 0 radical (unpaired) electrons. The summed E-state index contributed by atoms with van der Waals surface area (Å²) in [7, 11) is 1.79. The number of aromatic nitrogens is 1. The maximum atomic E-state index is 4.38. The molecule has 1 aromatic heterocycles. The Morgan fingerprint density at radius 1 is 1.44 bits per heavy atom. The summed E-state index contributed by atoms with van der Waals surface area (Å²) in [6.07, 6.45) is 3.00. The minimum absolute atomic E-state index is 0.402. The average Bonchev–Trinajstić information content (AvgIpc) is 2.81. The molecule has 102 valence electrons. The Hall–Kier alpha value is -1.10. The van der Waals surface area contributed by atoms with E-state index in [4.69, 9.17) is 0 Å². The van der Waals surface area contributed by atoms with Gasteiger partial charge in [-0.15, -0.1) is 11.3 Å². The molecule has 4 nitrogen and oxygen atoms in total. The predicted octanol–water partition coefficient (Wildman–Crippen LogP) is 2.42. The average molecular weight is 268 g/mol. The quantitative estimate of drug-likeness (QED) is 0.637. The SMILES string of the molecule is CCc1cnc(CNC(=NC)NC(C)C(C)C)s1. The van der Waals surface area contributed by atoms with Gasteiger partial charge in [-0.25, -0.2) is 4.98 Å². The van der Waals surface area contributed by atoms with Gasteiger partial charge in [-0.2, -0.15) is 0 Å². The Morgan fingerprint density at radius 2 is 2.17 bits per heavy atom. The van der Waals surface area contributed by atoms with E-state index in [0.29, 0.717) is 12.0 Å². The van der Waals surface area contributed by atoms with Crippen LogP contribution in [0.15, 0.2) is 11.2 Å². The molecular weight excluding hydrogens is 244 g/mol. The van der Waals surface area contributed by atoms with Gasteiger partial charge in [0.15, 0.2) is 5.96 Å². The molecule has 5 heteroatoms. The normalized spacial score (nSPS) is 13.8. The number of thiazole rings is 1. The Kier molecular flexibility index (Phi) is 6.12. The third-order valence-corrected chi connectivity index (χ3v) is 4.09. The lowest BCUT2D eigenvalue weighted by atomic mass is 10.1. The molecule has 1 aromatic rings. The van der Waals surface area contributed by atoms with Gasteiger partial charge in [-0.3, -0.25) is 4.99 Å². The molecule has 2 N–H and O–H groups in total. The van der Waals surface area contributed by atoms with E-state index in [2.05, 4.69) is 48.3 Å². The third-order valence-electron chi connectivity index (χ3n) is 2.94. The van der Waals surface area contributed by atoms with Crippen LogP contribution in [0.3, 0.4) is 0 Å². The summed E-state index contributed by atoms with van der Waals surface area (Å²) in [5.74, 6) is 1.42. The van der Waals surface area contributed by atoms with E-state index < -0.39 is 0 Å². The molecule has 1 atom stereocenters. The molecule has 1 heterocycles. The monoisotopic (exact) mass is 268 g/mol. The first-order chi connectivity index (χ1) is 8.56. The van der Waals surface area contributed by atoms with Gasteiger partial charge in [0.2, 0.25) is 0 Å². The van der Waals surface area contributed by atoms with Crippen LogP contribution in [0.25, 0.3) is 0 Å². The number of guanidine groups is 1. The van der Waals surface area contributed by atoms with Crippen LogP contribution in [0.1, 0.15) is 37.6 Å². The summed E-state index contributed by atoms with van der Waals surface area (Å²) in [5.41, 5.74) is 0. The smallest absolute Gasteiger partial charge is 0.191 e. The van der Waals surface area contributed by atoms with Crippen LogP contribution < -0.4 is 10.6 Å². The summed E-state index contributed by atoms with van der Waals surface area (Å²) in [6.45, 7) is 9.43. The van der Waals surface area contributed by atoms with Crippen LogP contribution in [0.2, 0.25) is 0 Å². The van der Waals surface area contributed by atoms with Crippen LogP contribution in [0, 0.1) is 5.92 Å². The van der Waals surface area contributed by atoms with Crippen molar-refractivity contribution < 1.29 is 0 Å². The Morgan fingerprint density at radius 3 is 2.67 bits per heavy atom. The number of aryl methyl sites for hydroxylation is 1. The van der Waals surface area contributed by atoms with Crippen molar-refractivity contribution in [3.05, 3.63) is 16.1 Å². The zero-order valence-electron chi connectivity index (χ0n) is 11.9. The lowest BCUT2D eigenvalue weighted by molar-refractivity contribution is 0.481. The molecule has 18 heavy (non-hydrogen) atoms. The fraction of sp³-hybridized carbons (Fsp3) is 0.692. The van der Waals surface area contributed by atoms with E-state index >= 15 is 0 Å². The van der Waals surface area contributed by atoms with Crippen LogP contribution >= 0.6 is 11.3 Å². The number of hydrogen-bond donors (Lipinski definition) is 2. The first-order valence-corrected chi connectivity index (χ1v) is 7.29. The molecule has 0 aliphatic heterocycles. The zero-order chi connectivity index (χ0) is 13.5. The van der Waals surface area contributed by atoms with Crippen LogP contribution in [-0.2, 0) is 13.0 Å². The molecule has 0 fully saturated rings. The van der Waals surface area contributed by atoms with Crippen molar-refractivity contribution in [2.24, 2.45) is 10.9 Å². The fourth-order valence-corrected chi connectivity index (χ4v) is 2.13. The maximum absolute atomic E-state index is 4.38. The van der Waals surface area contributed by atoms with Crippen molar-refractivity contribution in [1.29, 1.82) is 0 Å². The minimum Gasteiger partial charge on any atom is -0.354 e. The molecule has 1 unspecified atom stereocenters. The van der Waals surface area contributed by atoms with Gasteiger partial charge < -0.3 is 10.6 Å². The molecule has 0 saturated carbocycles. The minimum atomic E-state index is 0.402. The van der Waals surface area contributed by atoms with E-state index in [0.717, 1.165) is 23.9 Å². The van der Waals surface area contributed by atoms with Gasteiger partial charge in [0.1, 0.15) is 5.01 Å². The second-order valence-corrected chi connectivity index (χ2v) is 5.88. The molecular formula is C13H24N4S. The Balaban J connectivity index is 2.45. The highest BCUT2D eigenvalue weighted by Gasteiger charge is 2.09. The Bertz CT molecular complexity index is 384. The van der Waals surface area contributed by atoms with E-state index in [1.165, 1.54) is 4.88 Å². The van der Waals surface area contributed by atoms with Gasteiger partial charge >= 0.3 is 0 Å². The molecule has 0 aliphatic carbocycles. The van der Waals surface area contributed by atoms with E-state index in [1.54, 1.807) is 18.4 Å². The number of nitrogens with zero attached hydrogens (tertiary/aromatic N) is 2. The predicted molar refractivity (Wildman–Crippen MR) is 79.1 cm³/mol. The van der Waals surface area contributed by atoms with Crippen molar-refractivity contribution in [2.45, 2.75) is 46.7 Å². The summed E-state index contributed by atoms with van der Waals surface area (Å²) in [6, 6.07) is 0.402. The summed E-state index contributed by atoms with van der Waals surface area (Å²) in [4.78, 5) is 9.93. The first kappa shape index (κ1) is 15.0. The second kappa shape index (κ2) is 7.36. The van der Waals surface area contributed by atoms with Crippen LogP contribution in [0.5, 0.6) is 0 Å². The van der Waals surface area contributed by atoms with E-state index in [-0.39, 0.29) is 0 Å². The molecule has 1 rings (SSSR count). The molecule has 0 saturated heterocycles. The van der Waals surface area contributed by atoms with Crippen molar-refractivity contribution >= 4 is 17.3 Å². The molecule has 0 amide bonds. The second-order valence-electron chi connectivity index (χ2n) is 4.68. The zero-order valence-corrected chi connectivity index (χ0v) is 12.8. The molecule has 0 aliphatic rings. The van der Waals surface area contributed by atoms with Crippen molar-refractivity contribution in [1.82, 2.24) is 15.6 Å². The first-order valence-electron chi connectivity index (χ1n) is 6.47. The van der Waals surface area contributed by atoms with Crippen LogP contribution in [0.4, 0.5) is 0 Å². The van der Waals surface area contributed by atoms with Gasteiger partial charge in [-0.05, 0) is 19.3 Å². The van der Waals surface area contributed by atoms with Crippen molar-refractivity contribution in [3.8, 4) is 0 Å². The molecule has 0 aromatic carbocycles. The van der Waals surface area contributed by atoms with E-state index in [1.807, 2.05) is 6.20 Å². The van der Waals surface area contributed by atoms with Gasteiger partial charge in [0.25, 0.3) is 0 Å². The molecule has 0 spiro atoms. The summed E-state index contributed by atoms with van der Waals surface area (Å²) in [5, 5.41) is 7.77. The standard InChI is InChI=1S/C13H24N4S/c1-6-11-7-15-12(18-11)8-16-13(14-5)17-10(4)9(2)3/h7,9-10H,6,8H2,1-5H3,(H2,14,16,17). The van der Waals surface area contributed by atoms with Crippen LogP contribution in [-0.4, -0.2) is 24.0 Å². The number of nitrogens with one attached hydrogen (secondary N) is 2. The third kappa shape index (κ3) is 4.64. The summed E-state index contributed by atoms with van der Waals surface area (Å²) < 4.78 is 0. The molecule has 0 bridgehead atoms. The number of rotatable bonds is 5. The lowest BCUT2D eigenvalue weighted by Crippen LogP contribution is -2.43. The number of hydrogen-bond acceptors (Lipinski definition) is 3. The number of aliphatic imine (C=N–C) groups is 1. The summed E-state index contributed by atoms with van der Waals surface area (Å²) >= 11 is 1.75. The topological polar surface area (TPSA) is 49.3 Å².